The van der Waals surface area contributed by atoms with E-state index in [0.29, 0.717) is 42.9 Å². The number of hydrogen-bond acceptors (Lipinski definition) is 6. The van der Waals surface area contributed by atoms with E-state index in [-0.39, 0.29) is 13.1 Å². The maximum absolute atomic E-state index is 14.9. The number of nitrogens with one attached hydrogen (secondary N) is 3. The lowest BCUT2D eigenvalue weighted by atomic mass is 9.95. The van der Waals surface area contributed by atoms with E-state index in [1.807, 2.05) is 6.07 Å². The summed E-state index contributed by atoms with van der Waals surface area (Å²) < 4.78 is 14.9. The number of piperidine rings is 1. The van der Waals surface area contributed by atoms with Gasteiger partial charge in [0.25, 0.3) is 0 Å². The Morgan fingerprint density at radius 1 is 1.44 bits per heavy atom. The number of hydrogen-bond donors (Lipinski definition) is 4. The van der Waals surface area contributed by atoms with Crippen LogP contribution in [0.3, 0.4) is 0 Å². The van der Waals surface area contributed by atoms with Gasteiger partial charge in [-0.05, 0) is 31.7 Å². The second-order valence-corrected chi connectivity index (χ2v) is 7.18. The summed E-state index contributed by atoms with van der Waals surface area (Å²) in [5.41, 5.74) is -0.513. The number of alkyl halides is 1. The maximum Gasteiger partial charge on any atom is 0.404 e. The quantitative estimate of drug-likeness (QED) is 0.612. The lowest BCUT2D eigenvalue weighted by molar-refractivity contribution is 0.126. The molecule has 1 atom stereocenters. The second-order valence-electron chi connectivity index (χ2n) is 7.18. The first kappa shape index (κ1) is 17.5. The van der Waals surface area contributed by atoms with Crippen molar-refractivity contribution in [2.45, 2.75) is 37.3 Å². The zero-order valence-electron chi connectivity index (χ0n) is 14.8. The van der Waals surface area contributed by atoms with Crippen LogP contribution in [-0.2, 0) is 0 Å². The molecular weight excluding hydrogens is 353 g/mol. The summed E-state index contributed by atoms with van der Waals surface area (Å²) in [6.07, 6.45) is 3.67. The molecule has 0 bridgehead atoms. The van der Waals surface area contributed by atoms with E-state index >= 15 is 0 Å². The van der Waals surface area contributed by atoms with Crippen molar-refractivity contribution in [3.05, 3.63) is 24.0 Å². The van der Waals surface area contributed by atoms with Gasteiger partial charge in [-0.2, -0.15) is 10.1 Å². The first-order valence-corrected chi connectivity index (χ1v) is 9.07. The number of halogens is 1. The van der Waals surface area contributed by atoms with Crippen molar-refractivity contribution < 1.29 is 14.3 Å². The van der Waals surface area contributed by atoms with Gasteiger partial charge in [0.1, 0.15) is 11.5 Å². The molecule has 0 radical (unpaired) electrons. The third-order valence-corrected chi connectivity index (χ3v) is 4.88. The first-order chi connectivity index (χ1) is 13.0. The average molecular weight is 375 g/mol. The molecule has 0 unspecified atom stereocenters. The van der Waals surface area contributed by atoms with Crippen LogP contribution in [0.2, 0.25) is 0 Å². The third-order valence-electron chi connectivity index (χ3n) is 4.88. The molecule has 1 saturated heterocycles. The van der Waals surface area contributed by atoms with Crippen LogP contribution in [-0.4, -0.2) is 56.7 Å². The summed E-state index contributed by atoms with van der Waals surface area (Å²) >= 11 is 0. The lowest BCUT2D eigenvalue weighted by Gasteiger charge is -2.37. The normalized spacial score (nSPS) is 22.5. The Labute approximate surface area is 155 Å². The van der Waals surface area contributed by atoms with Crippen molar-refractivity contribution in [2.24, 2.45) is 0 Å². The summed E-state index contributed by atoms with van der Waals surface area (Å²) in [6, 6.07) is 3.71. The molecule has 2 aliphatic rings. The Bertz CT molecular complexity index is 825. The molecule has 2 fully saturated rings. The Kier molecular flexibility index (Phi) is 4.54. The van der Waals surface area contributed by atoms with Crippen molar-refractivity contribution in [1.29, 1.82) is 0 Å². The van der Waals surface area contributed by atoms with Crippen molar-refractivity contribution in [1.82, 2.24) is 25.5 Å². The van der Waals surface area contributed by atoms with E-state index < -0.39 is 11.8 Å². The number of rotatable bonds is 6. The Morgan fingerprint density at radius 2 is 2.30 bits per heavy atom. The fraction of sp³-hybridized carbons (Fsp3) is 0.529. The topological polar surface area (TPSA) is 119 Å². The van der Waals surface area contributed by atoms with Gasteiger partial charge in [0.05, 0.1) is 13.1 Å². The van der Waals surface area contributed by atoms with Gasteiger partial charge < -0.3 is 20.6 Å². The number of carbonyl (C=O) groups is 1. The monoisotopic (exact) mass is 375 g/mol. The van der Waals surface area contributed by atoms with Crippen LogP contribution in [0.1, 0.15) is 37.3 Å². The van der Waals surface area contributed by atoms with Crippen LogP contribution in [0.25, 0.3) is 0 Å². The average Bonchev–Trinajstić information content (AvgIpc) is 3.40. The molecule has 1 amide bonds. The molecule has 1 aliphatic heterocycles. The predicted molar refractivity (Wildman–Crippen MR) is 97.2 cm³/mol. The van der Waals surface area contributed by atoms with Crippen LogP contribution in [0.15, 0.2) is 18.3 Å². The molecule has 3 heterocycles. The molecular formula is C17H22FN7O2. The summed E-state index contributed by atoms with van der Waals surface area (Å²) in [5, 5.41) is 21.3. The van der Waals surface area contributed by atoms with E-state index in [1.165, 1.54) is 12.8 Å². The van der Waals surface area contributed by atoms with E-state index in [2.05, 4.69) is 30.8 Å². The van der Waals surface area contributed by atoms with Crippen LogP contribution in [0, 0.1) is 0 Å². The standard InChI is InChI=1S/C17H22FN7O2/c18-17(9-20-16(26)27)5-1-7-25(10-17)15-19-6-4-13(22-15)21-14-8-12(23-24-14)11-2-3-11/h4,6,8,11,20H,1-3,5,7,9-10H2,(H,26,27)(H2,19,21,22,23,24)/t17-/m0/s1. The lowest BCUT2D eigenvalue weighted by Crippen LogP contribution is -2.52. The molecule has 4 N–H and O–H groups in total. The van der Waals surface area contributed by atoms with Gasteiger partial charge in [-0.3, -0.25) is 5.10 Å². The highest BCUT2D eigenvalue weighted by atomic mass is 19.1. The summed E-state index contributed by atoms with van der Waals surface area (Å²) in [5.74, 6) is 2.26. The molecule has 1 aliphatic carbocycles. The fourth-order valence-corrected chi connectivity index (χ4v) is 3.34. The van der Waals surface area contributed by atoms with Crippen LogP contribution >= 0.6 is 0 Å². The number of nitrogens with zero attached hydrogens (tertiary/aromatic N) is 4. The van der Waals surface area contributed by atoms with Crippen molar-refractivity contribution >= 4 is 23.7 Å². The SMILES string of the molecule is O=C(O)NC[C@@]1(F)CCCN(c2nccc(Nc3cc(C4CC4)[nH]n3)n2)C1. The number of aromatic amines is 1. The number of H-pyrrole nitrogens is 1. The molecule has 2 aromatic rings. The van der Waals surface area contributed by atoms with Gasteiger partial charge in [-0.1, -0.05) is 0 Å². The minimum Gasteiger partial charge on any atom is -0.465 e. The molecule has 0 spiro atoms. The molecule has 2 aromatic heterocycles. The molecule has 144 valence electrons. The van der Waals surface area contributed by atoms with Crippen LogP contribution < -0.4 is 15.5 Å². The van der Waals surface area contributed by atoms with Gasteiger partial charge in [0, 0.05) is 30.4 Å². The maximum atomic E-state index is 14.9. The van der Waals surface area contributed by atoms with Gasteiger partial charge >= 0.3 is 6.09 Å². The first-order valence-electron chi connectivity index (χ1n) is 9.07. The van der Waals surface area contributed by atoms with Crippen molar-refractivity contribution in [3.8, 4) is 0 Å². The van der Waals surface area contributed by atoms with Gasteiger partial charge in [-0.25, -0.2) is 14.2 Å². The number of aromatic nitrogens is 4. The molecule has 10 heteroatoms. The summed E-state index contributed by atoms with van der Waals surface area (Å²) in [6.45, 7) is 0.426. The van der Waals surface area contributed by atoms with E-state index in [9.17, 15) is 9.18 Å². The summed E-state index contributed by atoms with van der Waals surface area (Å²) in [4.78, 5) is 21.1. The number of carboxylic acid groups (broad SMARTS) is 1. The van der Waals surface area contributed by atoms with Gasteiger partial charge in [0.2, 0.25) is 5.95 Å². The molecule has 4 rings (SSSR count). The van der Waals surface area contributed by atoms with Crippen molar-refractivity contribution in [3.63, 3.8) is 0 Å². The van der Waals surface area contributed by atoms with E-state index in [1.54, 1.807) is 17.2 Å². The molecule has 9 nitrogen and oxygen atoms in total. The Morgan fingerprint density at radius 3 is 3.07 bits per heavy atom. The smallest absolute Gasteiger partial charge is 0.404 e. The summed E-state index contributed by atoms with van der Waals surface area (Å²) in [7, 11) is 0. The van der Waals surface area contributed by atoms with E-state index in [0.717, 1.165) is 5.69 Å². The van der Waals surface area contributed by atoms with Crippen LogP contribution in [0.4, 0.5) is 26.8 Å². The van der Waals surface area contributed by atoms with Gasteiger partial charge in [-0.15, -0.1) is 0 Å². The molecule has 1 saturated carbocycles. The highest BCUT2D eigenvalue weighted by Gasteiger charge is 2.37. The minimum atomic E-state index is -1.63. The molecule has 0 aromatic carbocycles. The minimum absolute atomic E-state index is 0.0466. The third kappa shape index (κ3) is 4.26. The predicted octanol–water partition coefficient (Wildman–Crippen LogP) is 2.40. The largest absolute Gasteiger partial charge is 0.465 e. The van der Waals surface area contributed by atoms with E-state index in [4.69, 9.17) is 5.11 Å². The van der Waals surface area contributed by atoms with Gasteiger partial charge in [0.15, 0.2) is 5.82 Å². The number of anilines is 3. The zero-order chi connectivity index (χ0) is 18.9. The van der Waals surface area contributed by atoms with Crippen LogP contribution in [0.5, 0.6) is 0 Å². The number of amides is 1. The zero-order valence-corrected chi connectivity index (χ0v) is 14.8. The van der Waals surface area contributed by atoms with Crippen molar-refractivity contribution in [2.75, 3.05) is 29.9 Å². The highest BCUT2D eigenvalue weighted by Crippen LogP contribution is 2.39. The Hall–Kier alpha value is -2.91. The highest BCUT2D eigenvalue weighted by molar-refractivity contribution is 5.64. The fourth-order valence-electron chi connectivity index (χ4n) is 3.34. The molecule has 27 heavy (non-hydrogen) atoms. The second kappa shape index (κ2) is 7.01. The Balaban J connectivity index is 1.43.